The van der Waals surface area contributed by atoms with Gasteiger partial charge in [-0.1, -0.05) is 12.1 Å². The predicted octanol–water partition coefficient (Wildman–Crippen LogP) is 2.89. The first-order chi connectivity index (χ1) is 8.81. The number of benzene rings is 2. The van der Waals surface area contributed by atoms with E-state index in [1.54, 1.807) is 24.3 Å². The quantitative estimate of drug-likeness (QED) is 0.892. The summed E-state index contributed by atoms with van der Waals surface area (Å²) in [5, 5.41) is 17.6. The van der Waals surface area contributed by atoms with Crippen LogP contribution in [0.15, 0.2) is 48.5 Å². The molecule has 0 saturated heterocycles. The normalized spacial score (nSPS) is 9.78. The number of nitriles is 1. The van der Waals surface area contributed by atoms with Gasteiger partial charge in [0.05, 0.1) is 11.6 Å². The number of nitrogens with zero attached hydrogens (tertiary/aromatic N) is 1. The molecule has 2 rings (SSSR count). The van der Waals surface area contributed by atoms with Gasteiger partial charge in [-0.3, -0.25) is 0 Å². The van der Waals surface area contributed by atoms with Gasteiger partial charge in [0.15, 0.2) is 0 Å². The summed E-state index contributed by atoms with van der Waals surface area (Å²) in [5.41, 5.74) is 1.64. The summed E-state index contributed by atoms with van der Waals surface area (Å²) in [5.74, 6) is 1.42. The molecule has 0 aliphatic carbocycles. The van der Waals surface area contributed by atoms with Crippen LogP contribution >= 0.6 is 0 Å². The Balaban J connectivity index is 2.12. The smallest absolute Gasteiger partial charge is 0.127 e. The molecule has 0 aromatic heterocycles. The second-order valence-corrected chi connectivity index (χ2v) is 3.86. The zero-order chi connectivity index (χ0) is 12.8. The van der Waals surface area contributed by atoms with Crippen molar-refractivity contribution in [2.45, 2.75) is 6.42 Å². The van der Waals surface area contributed by atoms with Crippen LogP contribution in [-0.2, 0) is 6.42 Å². The molecule has 0 unspecified atom stereocenters. The first-order valence-electron chi connectivity index (χ1n) is 5.69. The molecule has 0 bridgehead atoms. The summed E-state index contributed by atoms with van der Waals surface area (Å²) >= 11 is 0. The van der Waals surface area contributed by atoms with Gasteiger partial charge in [-0.25, -0.2) is 0 Å². The molecule has 0 radical (unpaired) electrons. The zero-order valence-electron chi connectivity index (χ0n) is 9.84. The van der Waals surface area contributed by atoms with Gasteiger partial charge in [0.25, 0.3) is 0 Å². The Morgan fingerprint density at radius 3 is 2.50 bits per heavy atom. The Morgan fingerprint density at radius 2 is 1.83 bits per heavy atom. The maximum atomic E-state index is 8.89. The van der Waals surface area contributed by atoms with Crippen LogP contribution in [0, 0.1) is 11.3 Å². The molecule has 0 spiro atoms. The summed E-state index contributed by atoms with van der Waals surface area (Å²) in [7, 11) is 0. The van der Waals surface area contributed by atoms with Gasteiger partial charge in [-0.2, -0.15) is 5.26 Å². The summed E-state index contributed by atoms with van der Waals surface area (Å²) in [6, 6.07) is 16.6. The molecule has 2 aromatic carbocycles. The average Bonchev–Trinajstić information content (AvgIpc) is 2.40. The van der Waals surface area contributed by atoms with Gasteiger partial charge in [0.1, 0.15) is 11.5 Å². The fourth-order valence-corrected chi connectivity index (χ4v) is 1.63. The van der Waals surface area contributed by atoms with Crippen LogP contribution in [0.3, 0.4) is 0 Å². The highest BCUT2D eigenvalue weighted by Gasteiger charge is 1.99. The van der Waals surface area contributed by atoms with Crippen molar-refractivity contribution in [3.05, 3.63) is 59.7 Å². The largest absolute Gasteiger partial charge is 0.457 e. The lowest BCUT2D eigenvalue weighted by Gasteiger charge is -2.07. The number of hydrogen-bond donors (Lipinski definition) is 1. The van der Waals surface area contributed by atoms with Crippen LogP contribution in [0.1, 0.15) is 11.1 Å². The van der Waals surface area contributed by atoms with Crippen LogP contribution in [0.2, 0.25) is 0 Å². The lowest BCUT2D eigenvalue weighted by molar-refractivity contribution is 0.299. The molecule has 0 aliphatic heterocycles. The molecular weight excluding hydrogens is 226 g/mol. The van der Waals surface area contributed by atoms with Crippen molar-refractivity contribution in [3.8, 4) is 17.6 Å². The zero-order valence-corrected chi connectivity index (χ0v) is 9.84. The monoisotopic (exact) mass is 239 g/mol. The maximum Gasteiger partial charge on any atom is 0.127 e. The minimum absolute atomic E-state index is 0.125. The number of hydrogen-bond acceptors (Lipinski definition) is 3. The maximum absolute atomic E-state index is 8.89. The number of rotatable bonds is 4. The van der Waals surface area contributed by atoms with Crippen molar-refractivity contribution in [3.63, 3.8) is 0 Å². The van der Waals surface area contributed by atoms with Crippen molar-refractivity contribution in [1.82, 2.24) is 0 Å². The standard InChI is InChI=1S/C15H13NO2/c16-11-13-4-6-14(7-5-13)18-15-3-1-2-12(10-15)8-9-17/h1-7,10,17H,8-9H2. The second kappa shape index (κ2) is 5.85. The lowest BCUT2D eigenvalue weighted by atomic mass is 10.1. The molecule has 90 valence electrons. The fraction of sp³-hybridized carbons (Fsp3) is 0.133. The topological polar surface area (TPSA) is 53.2 Å². The molecule has 18 heavy (non-hydrogen) atoms. The molecule has 0 heterocycles. The van der Waals surface area contributed by atoms with Crippen molar-refractivity contribution >= 4 is 0 Å². The molecule has 0 amide bonds. The van der Waals surface area contributed by atoms with E-state index in [0.717, 1.165) is 11.3 Å². The van der Waals surface area contributed by atoms with E-state index in [-0.39, 0.29) is 6.61 Å². The van der Waals surface area contributed by atoms with Crippen LogP contribution in [-0.4, -0.2) is 11.7 Å². The molecule has 1 N–H and O–H groups in total. The summed E-state index contributed by atoms with van der Waals surface area (Å²) < 4.78 is 5.67. The highest BCUT2D eigenvalue weighted by Crippen LogP contribution is 2.22. The third-order valence-corrected chi connectivity index (χ3v) is 2.52. The molecule has 0 saturated carbocycles. The Morgan fingerprint density at radius 1 is 1.06 bits per heavy atom. The minimum Gasteiger partial charge on any atom is -0.457 e. The minimum atomic E-state index is 0.125. The van der Waals surface area contributed by atoms with Gasteiger partial charge in [0, 0.05) is 6.61 Å². The molecule has 0 fully saturated rings. The molecule has 2 aromatic rings. The van der Waals surface area contributed by atoms with Crippen LogP contribution in [0.25, 0.3) is 0 Å². The van der Waals surface area contributed by atoms with Crippen LogP contribution in [0.5, 0.6) is 11.5 Å². The van der Waals surface area contributed by atoms with Crippen molar-refractivity contribution in [1.29, 1.82) is 5.26 Å². The van der Waals surface area contributed by atoms with E-state index in [0.29, 0.717) is 17.7 Å². The Bertz CT molecular complexity index is 555. The van der Waals surface area contributed by atoms with Gasteiger partial charge in [-0.05, 0) is 48.4 Å². The van der Waals surface area contributed by atoms with Crippen molar-refractivity contribution in [2.75, 3.05) is 6.61 Å². The molecule has 0 atom stereocenters. The van der Waals surface area contributed by atoms with E-state index in [2.05, 4.69) is 6.07 Å². The van der Waals surface area contributed by atoms with E-state index >= 15 is 0 Å². The van der Waals surface area contributed by atoms with E-state index < -0.39 is 0 Å². The first kappa shape index (κ1) is 12.2. The van der Waals surface area contributed by atoms with E-state index in [9.17, 15) is 0 Å². The van der Waals surface area contributed by atoms with E-state index in [1.807, 2.05) is 24.3 Å². The van der Waals surface area contributed by atoms with Gasteiger partial charge < -0.3 is 9.84 Å². The highest BCUT2D eigenvalue weighted by atomic mass is 16.5. The number of aliphatic hydroxyl groups excluding tert-OH is 1. The number of aliphatic hydroxyl groups is 1. The lowest BCUT2D eigenvalue weighted by Crippen LogP contribution is -1.91. The van der Waals surface area contributed by atoms with E-state index in [4.69, 9.17) is 15.1 Å². The SMILES string of the molecule is N#Cc1ccc(Oc2cccc(CCO)c2)cc1. The summed E-state index contributed by atoms with van der Waals surface area (Å²) in [4.78, 5) is 0. The van der Waals surface area contributed by atoms with Crippen LogP contribution < -0.4 is 4.74 Å². The van der Waals surface area contributed by atoms with Gasteiger partial charge in [0.2, 0.25) is 0 Å². The average molecular weight is 239 g/mol. The Hall–Kier alpha value is -2.31. The molecule has 3 heteroatoms. The third kappa shape index (κ3) is 3.09. The molecule has 3 nitrogen and oxygen atoms in total. The summed E-state index contributed by atoms with van der Waals surface area (Å²) in [6.45, 7) is 0.125. The van der Waals surface area contributed by atoms with E-state index in [1.165, 1.54) is 0 Å². The Labute approximate surface area is 106 Å². The fourth-order valence-electron chi connectivity index (χ4n) is 1.63. The first-order valence-corrected chi connectivity index (χ1v) is 5.69. The molecule has 0 aliphatic rings. The second-order valence-electron chi connectivity index (χ2n) is 3.86. The molecular formula is C15H13NO2. The highest BCUT2D eigenvalue weighted by molar-refractivity contribution is 5.38. The predicted molar refractivity (Wildman–Crippen MR) is 68.5 cm³/mol. The van der Waals surface area contributed by atoms with Crippen molar-refractivity contribution < 1.29 is 9.84 Å². The van der Waals surface area contributed by atoms with Gasteiger partial charge in [-0.15, -0.1) is 0 Å². The third-order valence-electron chi connectivity index (χ3n) is 2.52. The number of ether oxygens (including phenoxy) is 1. The van der Waals surface area contributed by atoms with Crippen LogP contribution in [0.4, 0.5) is 0 Å². The van der Waals surface area contributed by atoms with Crippen molar-refractivity contribution in [2.24, 2.45) is 0 Å². The summed E-state index contributed by atoms with van der Waals surface area (Å²) in [6.07, 6.45) is 0.616. The Kier molecular flexibility index (Phi) is 3.95. The van der Waals surface area contributed by atoms with Gasteiger partial charge >= 0.3 is 0 Å².